The zero-order valence-electron chi connectivity index (χ0n) is 12.7. The smallest absolute Gasteiger partial charge is 0.0621 e. The molecule has 2 aromatic carbocycles. The highest BCUT2D eigenvalue weighted by Gasteiger charge is 2.47. The topological polar surface area (TPSA) is 32.3 Å². The highest BCUT2D eigenvalue weighted by Crippen LogP contribution is 2.42. The van der Waals surface area contributed by atoms with Crippen LogP contribution in [0.2, 0.25) is 0 Å². The fourth-order valence-electron chi connectivity index (χ4n) is 3.06. The van der Waals surface area contributed by atoms with Gasteiger partial charge in [-0.15, -0.1) is 0 Å². The molecule has 0 aromatic heterocycles. The average molecular weight is 281 g/mol. The van der Waals surface area contributed by atoms with Gasteiger partial charge in [0.2, 0.25) is 0 Å². The van der Waals surface area contributed by atoms with E-state index in [1.807, 2.05) is 12.1 Å². The van der Waals surface area contributed by atoms with Crippen molar-refractivity contribution in [2.45, 2.75) is 38.5 Å². The van der Waals surface area contributed by atoms with Crippen molar-refractivity contribution in [3.8, 4) is 0 Å². The molecule has 1 fully saturated rings. The summed E-state index contributed by atoms with van der Waals surface area (Å²) in [4.78, 5) is 0. The van der Waals surface area contributed by atoms with Gasteiger partial charge in [0.15, 0.2) is 0 Å². The van der Waals surface area contributed by atoms with Crippen molar-refractivity contribution in [1.82, 2.24) is 5.32 Å². The first-order chi connectivity index (χ1) is 10.1. The van der Waals surface area contributed by atoms with Crippen molar-refractivity contribution in [1.29, 1.82) is 0 Å². The summed E-state index contributed by atoms with van der Waals surface area (Å²) in [5.41, 5.74) is 2.46. The Morgan fingerprint density at radius 3 is 1.81 bits per heavy atom. The van der Waals surface area contributed by atoms with Crippen LogP contribution in [-0.4, -0.2) is 17.3 Å². The molecule has 2 N–H and O–H groups in total. The lowest BCUT2D eigenvalue weighted by molar-refractivity contribution is -0.0747. The van der Waals surface area contributed by atoms with E-state index in [1.165, 1.54) is 11.1 Å². The van der Waals surface area contributed by atoms with Gasteiger partial charge in [0.25, 0.3) is 0 Å². The lowest BCUT2D eigenvalue weighted by atomic mass is 9.64. The molecule has 0 amide bonds. The maximum Gasteiger partial charge on any atom is 0.0621 e. The third-order valence-corrected chi connectivity index (χ3v) is 4.85. The molecule has 0 radical (unpaired) electrons. The molecule has 0 spiro atoms. The molecular formula is C19H23NO. The second kappa shape index (κ2) is 5.63. The molecule has 1 saturated carbocycles. The number of hydrogen-bond donors (Lipinski definition) is 2. The molecule has 0 heterocycles. The lowest BCUT2D eigenvalue weighted by Gasteiger charge is -2.51. The highest BCUT2D eigenvalue weighted by atomic mass is 16.3. The van der Waals surface area contributed by atoms with Gasteiger partial charge in [0.05, 0.1) is 12.1 Å². The standard InChI is InChI=1S/C19H23NO/c1-19(2)16(13-17(19)21)20-18(14-9-5-3-6-10-14)15-11-7-4-8-12-15/h3-12,16-18,20-21H,13H2,1-2H3. The summed E-state index contributed by atoms with van der Waals surface area (Å²) in [5, 5.41) is 13.7. The van der Waals surface area contributed by atoms with Crippen molar-refractivity contribution in [3.05, 3.63) is 71.8 Å². The molecule has 0 aliphatic heterocycles. The Kier molecular flexibility index (Phi) is 3.83. The summed E-state index contributed by atoms with van der Waals surface area (Å²) < 4.78 is 0. The molecule has 110 valence electrons. The normalized spacial score (nSPS) is 23.8. The Morgan fingerprint density at radius 1 is 0.952 bits per heavy atom. The van der Waals surface area contributed by atoms with Crippen LogP contribution in [0.1, 0.15) is 37.4 Å². The molecule has 0 bridgehead atoms. The van der Waals surface area contributed by atoms with E-state index in [9.17, 15) is 5.11 Å². The molecule has 21 heavy (non-hydrogen) atoms. The first-order valence-corrected chi connectivity index (χ1v) is 7.63. The van der Waals surface area contributed by atoms with Crippen LogP contribution >= 0.6 is 0 Å². The summed E-state index contributed by atoms with van der Waals surface area (Å²) in [6, 6.07) is 21.5. The van der Waals surface area contributed by atoms with Gasteiger partial charge in [-0.3, -0.25) is 0 Å². The van der Waals surface area contributed by atoms with Gasteiger partial charge >= 0.3 is 0 Å². The van der Waals surface area contributed by atoms with Gasteiger partial charge in [-0.2, -0.15) is 0 Å². The van der Waals surface area contributed by atoms with E-state index in [0.29, 0.717) is 6.04 Å². The molecule has 2 nitrogen and oxygen atoms in total. The predicted molar refractivity (Wildman–Crippen MR) is 86.1 cm³/mol. The van der Waals surface area contributed by atoms with Crippen LogP contribution in [0, 0.1) is 5.41 Å². The van der Waals surface area contributed by atoms with E-state index < -0.39 is 0 Å². The quantitative estimate of drug-likeness (QED) is 0.898. The maximum absolute atomic E-state index is 9.96. The molecular weight excluding hydrogens is 258 g/mol. The van der Waals surface area contributed by atoms with Crippen LogP contribution in [0.5, 0.6) is 0 Å². The first kappa shape index (κ1) is 14.3. The molecule has 2 heteroatoms. The maximum atomic E-state index is 9.96. The number of aliphatic hydroxyl groups is 1. The minimum absolute atomic E-state index is 0.0676. The minimum Gasteiger partial charge on any atom is -0.392 e. The molecule has 3 rings (SSSR count). The van der Waals surface area contributed by atoms with Crippen molar-refractivity contribution >= 4 is 0 Å². The van der Waals surface area contributed by atoms with Crippen molar-refractivity contribution in [2.75, 3.05) is 0 Å². The predicted octanol–water partition coefficient (Wildman–Crippen LogP) is 3.53. The van der Waals surface area contributed by atoms with E-state index >= 15 is 0 Å². The Hall–Kier alpha value is -1.64. The van der Waals surface area contributed by atoms with Crippen molar-refractivity contribution in [2.24, 2.45) is 5.41 Å². The monoisotopic (exact) mass is 281 g/mol. The van der Waals surface area contributed by atoms with Gasteiger partial charge in [0.1, 0.15) is 0 Å². The van der Waals surface area contributed by atoms with Gasteiger partial charge in [0, 0.05) is 11.5 Å². The molecule has 1 aliphatic rings. The largest absolute Gasteiger partial charge is 0.392 e. The van der Waals surface area contributed by atoms with Crippen LogP contribution in [0.25, 0.3) is 0 Å². The van der Waals surface area contributed by atoms with Crippen LogP contribution in [0.15, 0.2) is 60.7 Å². The summed E-state index contributed by atoms with van der Waals surface area (Å²) in [6.45, 7) is 4.26. The fraction of sp³-hybridized carbons (Fsp3) is 0.368. The van der Waals surface area contributed by atoms with Gasteiger partial charge < -0.3 is 10.4 Å². The molecule has 0 saturated heterocycles. The van der Waals surface area contributed by atoms with Gasteiger partial charge in [-0.05, 0) is 17.5 Å². The molecule has 2 aromatic rings. The average Bonchev–Trinajstić information content (AvgIpc) is 2.53. The van der Waals surface area contributed by atoms with Crippen LogP contribution in [0.3, 0.4) is 0 Å². The van der Waals surface area contributed by atoms with Crippen molar-refractivity contribution in [3.63, 3.8) is 0 Å². The summed E-state index contributed by atoms with van der Waals surface area (Å²) in [7, 11) is 0. The zero-order valence-corrected chi connectivity index (χ0v) is 12.7. The minimum atomic E-state index is -0.206. The molecule has 2 unspecified atom stereocenters. The zero-order chi connectivity index (χ0) is 14.9. The van der Waals surface area contributed by atoms with E-state index in [-0.39, 0.29) is 17.6 Å². The van der Waals surface area contributed by atoms with E-state index in [1.54, 1.807) is 0 Å². The van der Waals surface area contributed by atoms with Crippen LogP contribution < -0.4 is 5.32 Å². The number of benzene rings is 2. The lowest BCUT2D eigenvalue weighted by Crippen LogP contribution is -2.60. The number of nitrogens with one attached hydrogen (secondary N) is 1. The highest BCUT2D eigenvalue weighted by molar-refractivity contribution is 5.32. The second-order valence-electron chi connectivity index (χ2n) is 6.55. The fourth-order valence-corrected chi connectivity index (χ4v) is 3.06. The second-order valence-corrected chi connectivity index (χ2v) is 6.55. The first-order valence-electron chi connectivity index (χ1n) is 7.63. The van der Waals surface area contributed by atoms with E-state index in [2.05, 4.69) is 67.7 Å². The molecule has 1 aliphatic carbocycles. The van der Waals surface area contributed by atoms with Crippen LogP contribution in [-0.2, 0) is 0 Å². The van der Waals surface area contributed by atoms with Gasteiger partial charge in [-0.25, -0.2) is 0 Å². The van der Waals surface area contributed by atoms with Crippen molar-refractivity contribution < 1.29 is 5.11 Å². The SMILES string of the molecule is CC1(C)C(O)CC1NC(c1ccccc1)c1ccccc1. The van der Waals surface area contributed by atoms with Crippen LogP contribution in [0.4, 0.5) is 0 Å². The summed E-state index contributed by atoms with van der Waals surface area (Å²) in [6.07, 6.45) is 0.616. The number of hydrogen-bond acceptors (Lipinski definition) is 2. The van der Waals surface area contributed by atoms with Gasteiger partial charge in [-0.1, -0.05) is 74.5 Å². The third kappa shape index (κ3) is 2.74. The van der Waals surface area contributed by atoms with E-state index in [0.717, 1.165) is 6.42 Å². The third-order valence-electron chi connectivity index (χ3n) is 4.85. The Balaban J connectivity index is 1.88. The Bertz CT molecular complexity index is 540. The summed E-state index contributed by atoms with van der Waals surface area (Å²) >= 11 is 0. The summed E-state index contributed by atoms with van der Waals surface area (Å²) in [5.74, 6) is 0. The molecule has 2 atom stereocenters. The van der Waals surface area contributed by atoms with E-state index in [4.69, 9.17) is 0 Å². The number of aliphatic hydroxyl groups excluding tert-OH is 1. The number of rotatable bonds is 4. The Morgan fingerprint density at radius 2 is 1.43 bits per heavy atom. The Labute approximate surface area is 126 Å².